The lowest BCUT2D eigenvalue weighted by molar-refractivity contribution is -0.193. The quantitative estimate of drug-likeness (QED) is 0.287. The van der Waals surface area contributed by atoms with E-state index in [-0.39, 0.29) is 17.7 Å². The van der Waals surface area contributed by atoms with Gasteiger partial charge >= 0.3 is 30.3 Å². The fourth-order valence-corrected chi connectivity index (χ4v) is 4.54. The number of esters is 1. The minimum atomic E-state index is -5.08. The van der Waals surface area contributed by atoms with Crippen LogP contribution in [-0.2, 0) is 25.7 Å². The maximum atomic E-state index is 13.2. The highest BCUT2D eigenvalue weighted by Gasteiger charge is 2.53. The Kier molecular flexibility index (Phi) is 13.0. The molecule has 2 saturated heterocycles. The first-order chi connectivity index (χ1) is 18.5. The normalized spacial score (nSPS) is 21.4. The highest BCUT2D eigenvalue weighted by molar-refractivity contribution is 5.78. The van der Waals surface area contributed by atoms with Crippen LogP contribution in [0.1, 0.15) is 25.3 Å². The van der Waals surface area contributed by atoms with Crippen molar-refractivity contribution in [2.45, 2.75) is 38.7 Å². The molecule has 0 unspecified atom stereocenters. The lowest BCUT2D eigenvalue weighted by Crippen LogP contribution is -2.42. The third-order valence-corrected chi connectivity index (χ3v) is 6.22. The Labute approximate surface area is 226 Å². The third kappa shape index (κ3) is 10.8. The van der Waals surface area contributed by atoms with Crippen molar-refractivity contribution in [2.24, 2.45) is 11.3 Å². The summed E-state index contributed by atoms with van der Waals surface area (Å²) in [4.78, 5) is 35.4. The topological polar surface area (TPSA) is 107 Å². The lowest BCUT2D eigenvalue weighted by Gasteiger charge is -2.31. The lowest BCUT2D eigenvalue weighted by atomic mass is 9.75. The zero-order chi connectivity index (χ0) is 30.7. The van der Waals surface area contributed by atoms with E-state index in [0.717, 1.165) is 57.7 Å². The van der Waals surface area contributed by atoms with E-state index in [9.17, 15) is 35.5 Å². The summed E-state index contributed by atoms with van der Waals surface area (Å²) in [6, 6.07) is 6.71. The Balaban J connectivity index is 0.000000473. The first-order valence-electron chi connectivity index (χ1n) is 12.0. The van der Waals surface area contributed by atoms with Crippen molar-refractivity contribution in [3.8, 4) is 0 Å². The third-order valence-electron chi connectivity index (χ3n) is 6.22. The molecule has 0 spiro atoms. The molecule has 0 amide bonds. The summed E-state index contributed by atoms with van der Waals surface area (Å²) in [6.07, 6.45) is -6.43. The van der Waals surface area contributed by atoms with Gasteiger partial charge in [-0.15, -0.1) is 6.58 Å². The van der Waals surface area contributed by atoms with Gasteiger partial charge in [0.2, 0.25) is 0 Å². The second-order valence-corrected chi connectivity index (χ2v) is 9.13. The summed E-state index contributed by atoms with van der Waals surface area (Å²) in [5.74, 6) is -5.51. The summed E-state index contributed by atoms with van der Waals surface area (Å²) >= 11 is 0. The van der Waals surface area contributed by atoms with Crippen molar-refractivity contribution in [3.63, 3.8) is 0 Å². The number of ether oxygens (including phenoxy) is 1. The Morgan fingerprint density at radius 1 is 1.02 bits per heavy atom. The van der Waals surface area contributed by atoms with Gasteiger partial charge in [-0.2, -0.15) is 26.3 Å². The smallest absolute Gasteiger partial charge is 0.475 e. The Morgan fingerprint density at radius 2 is 1.52 bits per heavy atom. The summed E-state index contributed by atoms with van der Waals surface area (Å²) in [6.45, 7) is 11.2. The predicted molar refractivity (Wildman–Crippen MR) is 127 cm³/mol. The number of alkyl halides is 6. The van der Waals surface area contributed by atoms with Gasteiger partial charge in [-0.1, -0.05) is 18.2 Å². The number of hydrogen-bond donors (Lipinski definition) is 2. The molecule has 1 aromatic carbocycles. The Morgan fingerprint density at radius 3 is 1.98 bits per heavy atom. The molecule has 40 heavy (non-hydrogen) atoms. The van der Waals surface area contributed by atoms with Crippen LogP contribution >= 0.6 is 0 Å². The number of carboxylic acid groups (broad SMARTS) is 2. The number of carbonyl (C=O) groups excluding carboxylic acids is 1. The van der Waals surface area contributed by atoms with E-state index in [1.807, 2.05) is 25.1 Å². The van der Waals surface area contributed by atoms with Gasteiger partial charge in [-0.05, 0) is 44.0 Å². The number of carboxylic acids is 2. The molecule has 15 heteroatoms. The number of rotatable bonds is 6. The minimum absolute atomic E-state index is 0.0415. The van der Waals surface area contributed by atoms with Crippen LogP contribution < -0.4 is 0 Å². The molecule has 0 aliphatic carbocycles. The Hall–Kier alpha value is -3.20. The zero-order valence-corrected chi connectivity index (χ0v) is 21.6. The number of carbonyl (C=O) groups is 3. The van der Waals surface area contributed by atoms with Crippen LogP contribution in [0.4, 0.5) is 30.7 Å². The van der Waals surface area contributed by atoms with Crippen LogP contribution in [0, 0.1) is 17.2 Å². The average molecular weight is 589 g/mol. The number of nitrogens with zero attached hydrogens (tertiary/aromatic N) is 2. The highest BCUT2D eigenvalue weighted by Crippen LogP contribution is 2.44. The molecule has 226 valence electrons. The molecule has 0 radical (unpaired) electrons. The predicted octanol–water partition coefficient (Wildman–Crippen LogP) is 4.36. The van der Waals surface area contributed by atoms with E-state index in [1.54, 1.807) is 0 Å². The molecule has 2 aliphatic rings. The molecule has 0 saturated carbocycles. The number of likely N-dealkylation sites (tertiary alicyclic amines) is 2. The van der Waals surface area contributed by atoms with Gasteiger partial charge in [-0.3, -0.25) is 14.6 Å². The van der Waals surface area contributed by atoms with Crippen LogP contribution in [0.2, 0.25) is 0 Å². The fraction of sp³-hybridized carbons (Fsp3) is 0.560. The van der Waals surface area contributed by atoms with Gasteiger partial charge in [0.1, 0.15) is 5.82 Å². The van der Waals surface area contributed by atoms with Gasteiger partial charge in [0.05, 0.1) is 12.0 Å². The van der Waals surface area contributed by atoms with Gasteiger partial charge < -0.3 is 14.9 Å². The second-order valence-electron chi connectivity index (χ2n) is 9.13. The van der Waals surface area contributed by atoms with Gasteiger partial charge in [-0.25, -0.2) is 14.0 Å². The first kappa shape index (κ1) is 34.8. The summed E-state index contributed by atoms with van der Waals surface area (Å²) in [7, 11) is 0. The molecule has 1 aromatic rings. The van der Waals surface area contributed by atoms with Gasteiger partial charge in [0.25, 0.3) is 0 Å². The SMILES string of the molecule is C=CCN1C[C@@H]2CN(Cc3ccc(F)cc3)CCC[C@]2(C(=O)OCC)C1.O=C(O)C(F)(F)F.O=C(O)C(F)(F)F. The van der Waals surface area contributed by atoms with Crippen molar-refractivity contribution in [2.75, 3.05) is 39.3 Å². The molecule has 8 nitrogen and oxygen atoms in total. The molecule has 0 aromatic heterocycles. The maximum absolute atomic E-state index is 13.2. The van der Waals surface area contributed by atoms with Gasteiger partial charge in [0.15, 0.2) is 0 Å². The average Bonchev–Trinajstić information content (AvgIpc) is 3.08. The van der Waals surface area contributed by atoms with Crippen molar-refractivity contribution in [1.82, 2.24) is 9.80 Å². The molecule has 2 N–H and O–H groups in total. The van der Waals surface area contributed by atoms with Crippen LogP contribution in [0.15, 0.2) is 36.9 Å². The van der Waals surface area contributed by atoms with E-state index in [1.165, 1.54) is 12.1 Å². The number of fused-ring (bicyclic) bond motifs is 1. The van der Waals surface area contributed by atoms with Crippen LogP contribution in [0.5, 0.6) is 0 Å². The molecule has 2 fully saturated rings. The largest absolute Gasteiger partial charge is 0.490 e. The van der Waals surface area contributed by atoms with Crippen molar-refractivity contribution >= 4 is 17.9 Å². The fourth-order valence-electron chi connectivity index (χ4n) is 4.54. The number of benzene rings is 1. The van der Waals surface area contributed by atoms with E-state index in [2.05, 4.69) is 16.4 Å². The first-order valence-corrected chi connectivity index (χ1v) is 12.0. The number of hydrogen-bond acceptors (Lipinski definition) is 6. The van der Waals surface area contributed by atoms with E-state index >= 15 is 0 Å². The summed E-state index contributed by atoms with van der Waals surface area (Å²) in [5.41, 5.74) is 0.701. The second kappa shape index (κ2) is 15.0. The van der Waals surface area contributed by atoms with Crippen molar-refractivity contribution in [1.29, 1.82) is 0 Å². The standard InChI is InChI=1S/C21H29FN2O2.2C2HF3O2/c1-3-11-24-15-18-14-23(13-17-6-8-19(22)9-7-17)12-5-10-21(18,16-24)20(25)26-4-2;2*3-2(4,5)1(6)7/h3,6-9,18H,1,4-5,10-16H2,2H3;2*(H,6,7)/t18-,21-;;/m0../s1. The van der Waals surface area contributed by atoms with Crippen LogP contribution in [-0.4, -0.2) is 89.6 Å². The summed E-state index contributed by atoms with van der Waals surface area (Å²) < 4.78 is 82.1. The monoisotopic (exact) mass is 588 g/mol. The number of aliphatic carboxylic acids is 2. The Bertz CT molecular complexity index is 977. The van der Waals surface area contributed by atoms with E-state index in [0.29, 0.717) is 6.61 Å². The van der Waals surface area contributed by atoms with Crippen molar-refractivity contribution in [3.05, 3.63) is 48.3 Å². The zero-order valence-electron chi connectivity index (χ0n) is 21.6. The molecular weight excluding hydrogens is 557 g/mol. The van der Waals surface area contributed by atoms with Crippen molar-refractivity contribution < 1.29 is 60.1 Å². The minimum Gasteiger partial charge on any atom is -0.475 e. The molecule has 0 bridgehead atoms. The van der Waals surface area contributed by atoms with E-state index < -0.39 is 29.7 Å². The molecule has 2 atom stereocenters. The molecule has 2 heterocycles. The molecule has 2 aliphatic heterocycles. The van der Waals surface area contributed by atoms with Gasteiger partial charge in [0, 0.05) is 38.6 Å². The maximum Gasteiger partial charge on any atom is 0.490 e. The highest BCUT2D eigenvalue weighted by atomic mass is 19.4. The van der Waals surface area contributed by atoms with Crippen LogP contribution in [0.25, 0.3) is 0 Å². The summed E-state index contributed by atoms with van der Waals surface area (Å²) in [5, 5.41) is 14.2. The van der Waals surface area contributed by atoms with E-state index in [4.69, 9.17) is 24.5 Å². The van der Waals surface area contributed by atoms with Crippen LogP contribution in [0.3, 0.4) is 0 Å². The number of halogens is 7. The molecule has 3 rings (SSSR count). The molecular formula is C25H31F7N2O6.